The third-order valence-corrected chi connectivity index (χ3v) is 6.24. The molecule has 0 heterocycles. The van der Waals surface area contributed by atoms with Crippen LogP contribution in [0, 0.1) is 11.8 Å². The maximum Gasteiger partial charge on any atom is 0.243 e. The Hall–Kier alpha value is -1.40. The average Bonchev–Trinajstić information content (AvgIpc) is 3.23. The topological polar surface area (TPSA) is 66.5 Å². The second-order valence-corrected chi connectivity index (χ2v) is 7.71. The first-order chi connectivity index (χ1) is 10.4. The molecule has 1 aliphatic rings. The van der Waals surface area contributed by atoms with Crippen molar-refractivity contribution >= 4 is 15.9 Å². The van der Waals surface area contributed by atoms with Gasteiger partial charge in [0, 0.05) is 25.6 Å². The molecular weight excluding hydrogens is 300 g/mol. The van der Waals surface area contributed by atoms with Crippen molar-refractivity contribution in [3.8, 4) is 0 Å². The third-order valence-electron chi connectivity index (χ3n) is 4.18. The molecule has 122 valence electrons. The minimum Gasteiger partial charge on any atom is -0.352 e. The second kappa shape index (κ2) is 6.79. The predicted octanol–water partition coefficient (Wildman–Crippen LogP) is 1.99. The lowest BCUT2D eigenvalue weighted by atomic mass is 10.2. The lowest BCUT2D eigenvalue weighted by Gasteiger charge is -2.18. The fraction of sp³-hybridized carbons (Fsp3) is 0.562. The van der Waals surface area contributed by atoms with Crippen LogP contribution in [0.3, 0.4) is 0 Å². The number of carbonyl (C=O) groups excluding carboxylic acids is 1. The summed E-state index contributed by atoms with van der Waals surface area (Å²) >= 11 is 0. The van der Waals surface area contributed by atoms with Crippen LogP contribution in [0.4, 0.5) is 0 Å². The molecule has 5 nitrogen and oxygen atoms in total. The molecule has 0 spiro atoms. The highest BCUT2D eigenvalue weighted by Crippen LogP contribution is 2.37. The number of sulfonamides is 1. The van der Waals surface area contributed by atoms with Gasteiger partial charge in [-0.3, -0.25) is 4.79 Å². The number of hydrogen-bond acceptors (Lipinski definition) is 3. The summed E-state index contributed by atoms with van der Waals surface area (Å²) in [6.45, 7) is 7.06. The van der Waals surface area contributed by atoms with Crippen LogP contribution >= 0.6 is 0 Å². The van der Waals surface area contributed by atoms with Gasteiger partial charge < -0.3 is 5.32 Å². The highest BCUT2D eigenvalue weighted by atomic mass is 32.2. The molecule has 0 aromatic heterocycles. The van der Waals surface area contributed by atoms with Crippen molar-refractivity contribution in [1.82, 2.24) is 9.62 Å². The second-order valence-electron chi connectivity index (χ2n) is 5.77. The molecule has 1 fully saturated rings. The maximum atomic E-state index is 12.4. The van der Waals surface area contributed by atoms with E-state index >= 15 is 0 Å². The average molecular weight is 324 g/mol. The Morgan fingerprint density at radius 2 is 1.77 bits per heavy atom. The molecule has 1 N–H and O–H groups in total. The van der Waals surface area contributed by atoms with Gasteiger partial charge in [0.15, 0.2) is 0 Å². The molecular formula is C16H24N2O3S. The maximum absolute atomic E-state index is 12.4. The fourth-order valence-corrected chi connectivity index (χ4v) is 3.96. The minimum absolute atomic E-state index is 0.0901. The minimum atomic E-state index is -3.41. The van der Waals surface area contributed by atoms with E-state index in [1.165, 1.54) is 4.31 Å². The summed E-state index contributed by atoms with van der Waals surface area (Å²) in [5, 5.41) is 2.90. The number of nitrogens with zero attached hydrogens (tertiary/aromatic N) is 1. The number of amides is 1. The van der Waals surface area contributed by atoms with Crippen molar-refractivity contribution in [1.29, 1.82) is 0 Å². The number of benzene rings is 1. The van der Waals surface area contributed by atoms with Gasteiger partial charge in [-0.15, -0.1) is 0 Å². The number of hydrogen-bond donors (Lipinski definition) is 1. The predicted molar refractivity (Wildman–Crippen MR) is 85.7 cm³/mol. The molecule has 0 radical (unpaired) electrons. The largest absolute Gasteiger partial charge is 0.352 e. The van der Waals surface area contributed by atoms with Crippen LogP contribution in [0.15, 0.2) is 29.2 Å². The third kappa shape index (κ3) is 3.67. The Balaban J connectivity index is 1.99. The van der Waals surface area contributed by atoms with Crippen LogP contribution in [-0.4, -0.2) is 31.7 Å². The van der Waals surface area contributed by atoms with E-state index in [9.17, 15) is 13.2 Å². The molecule has 1 aliphatic carbocycles. The first-order valence-corrected chi connectivity index (χ1v) is 9.21. The standard InChI is InChI=1S/C16H24N2O3S/c1-4-18(5-2)22(20,21)14-8-6-13(7-9-14)11-17-16(19)15-10-12(15)3/h6-9,12,15H,4-5,10-11H2,1-3H3,(H,17,19). The number of rotatable bonds is 7. The van der Waals surface area contributed by atoms with E-state index in [1.807, 2.05) is 13.8 Å². The fourth-order valence-electron chi connectivity index (χ4n) is 2.50. The van der Waals surface area contributed by atoms with Crippen LogP contribution in [0.5, 0.6) is 0 Å². The van der Waals surface area contributed by atoms with Gasteiger partial charge in [-0.1, -0.05) is 32.9 Å². The molecule has 1 aromatic carbocycles. The molecule has 1 amide bonds. The molecule has 6 heteroatoms. The van der Waals surface area contributed by atoms with Gasteiger partial charge in [-0.05, 0) is 30.0 Å². The van der Waals surface area contributed by atoms with Gasteiger partial charge >= 0.3 is 0 Å². The molecule has 0 bridgehead atoms. The summed E-state index contributed by atoms with van der Waals surface area (Å²) in [5.74, 6) is 0.733. The smallest absolute Gasteiger partial charge is 0.243 e. The first-order valence-electron chi connectivity index (χ1n) is 7.77. The summed E-state index contributed by atoms with van der Waals surface area (Å²) in [4.78, 5) is 12.1. The van der Waals surface area contributed by atoms with E-state index < -0.39 is 10.0 Å². The molecule has 22 heavy (non-hydrogen) atoms. The van der Waals surface area contributed by atoms with Crippen LogP contribution in [0.1, 0.15) is 32.8 Å². The van der Waals surface area contributed by atoms with Crippen LogP contribution in [0.25, 0.3) is 0 Å². The summed E-state index contributed by atoms with van der Waals surface area (Å²) in [6, 6.07) is 6.73. The zero-order chi connectivity index (χ0) is 16.3. The lowest BCUT2D eigenvalue weighted by molar-refractivity contribution is -0.122. The highest BCUT2D eigenvalue weighted by Gasteiger charge is 2.38. The van der Waals surface area contributed by atoms with Crippen LogP contribution in [0.2, 0.25) is 0 Å². The molecule has 1 aromatic rings. The molecule has 1 saturated carbocycles. The van der Waals surface area contributed by atoms with Gasteiger partial charge in [-0.2, -0.15) is 4.31 Å². The van der Waals surface area contributed by atoms with Gasteiger partial charge in [0.25, 0.3) is 0 Å². The van der Waals surface area contributed by atoms with E-state index in [-0.39, 0.29) is 11.8 Å². The van der Waals surface area contributed by atoms with Crippen molar-refractivity contribution in [2.75, 3.05) is 13.1 Å². The normalized spacial score (nSPS) is 20.9. The summed E-state index contributed by atoms with van der Waals surface area (Å²) in [6.07, 6.45) is 0.965. The van der Waals surface area contributed by atoms with E-state index in [4.69, 9.17) is 0 Å². The number of nitrogens with one attached hydrogen (secondary N) is 1. The van der Waals surface area contributed by atoms with E-state index in [0.29, 0.717) is 30.4 Å². The Kier molecular flexibility index (Phi) is 5.24. The van der Waals surface area contributed by atoms with E-state index in [1.54, 1.807) is 24.3 Å². The molecule has 2 unspecified atom stereocenters. The summed E-state index contributed by atoms with van der Waals surface area (Å²) < 4.78 is 26.2. The summed E-state index contributed by atoms with van der Waals surface area (Å²) in [5.41, 5.74) is 0.903. The SMILES string of the molecule is CCN(CC)S(=O)(=O)c1ccc(CNC(=O)C2CC2C)cc1. The van der Waals surface area contributed by atoms with Gasteiger partial charge in [0.05, 0.1) is 4.90 Å². The quantitative estimate of drug-likeness (QED) is 0.834. The molecule has 2 atom stereocenters. The molecule has 2 rings (SSSR count). The Bertz CT molecular complexity index is 621. The molecule has 0 aliphatic heterocycles. The molecule has 0 saturated heterocycles. The van der Waals surface area contributed by atoms with Crippen molar-refractivity contribution in [3.63, 3.8) is 0 Å². The zero-order valence-electron chi connectivity index (χ0n) is 13.4. The number of carbonyl (C=O) groups is 1. The van der Waals surface area contributed by atoms with Gasteiger partial charge in [-0.25, -0.2) is 8.42 Å². The Labute approximate surface area is 132 Å². The Morgan fingerprint density at radius 1 is 1.23 bits per heavy atom. The van der Waals surface area contributed by atoms with Gasteiger partial charge in [0.1, 0.15) is 0 Å². The van der Waals surface area contributed by atoms with E-state index in [0.717, 1.165) is 12.0 Å². The van der Waals surface area contributed by atoms with E-state index in [2.05, 4.69) is 12.2 Å². The van der Waals surface area contributed by atoms with Crippen LogP contribution < -0.4 is 5.32 Å². The highest BCUT2D eigenvalue weighted by molar-refractivity contribution is 7.89. The Morgan fingerprint density at radius 3 is 2.23 bits per heavy atom. The summed E-state index contributed by atoms with van der Waals surface area (Å²) in [7, 11) is -3.41. The van der Waals surface area contributed by atoms with Crippen LogP contribution in [-0.2, 0) is 21.4 Å². The van der Waals surface area contributed by atoms with Gasteiger partial charge in [0.2, 0.25) is 15.9 Å². The van der Waals surface area contributed by atoms with Crippen molar-refractivity contribution in [3.05, 3.63) is 29.8 Å². The van der Waals surface area contributed by atoms with Crippen molar-refractivity contribution in [2.45, 2.75) is 38.6 Å². The van der Waals surface area contributed by atoms with Crippen molar-refractivity contribution < 1.29 is 13.2 Å². The van der Waals surface area contributed by atoms with Crippen molar-refractivity contribution in [2.24, 2.45) is 11.8 Å². The first kappa shape index (κ1) is 17.0. The lowest BCUT2D eigenvalue weighted by Crippen LogP contribution is -2.30. The zero-order valence-corrected chi connectivity index (χ0v) is 14.2. The monoisotopic (exact) mass is 324 g/mol.